The van der Waals surface area contributed by atoms with Gasteiger partial charge in [-0.05, 0) is 36.4 Å². The van der Waals surface area contributed by atoms with E-state index in [1.165, 1.54) is 0 Å². The van der Waals surface area contributed by atoms with Crippen LogP contribution in [0.3, 0.4) is 0 Å². The number of benzene rings is 6. The second-order valence-corrected chi connectivity index (χ2v) is 13.2. The van der Waals surface area contributed by atoms with Gasteiger partial charge in [0.05, 0.1) is 37.1 Å². The quantitative estimate of drug-likeness (QED) is 0.149. The molecule has 0 N–H and O–H groups in total. The number of methoxy groups -OCH3 is 2. The van der Waals surface area contributed by atoms with E-state index in [0.29, 0.717) is 55.5 Å². The molecule has 0 bridgehead atoms. The molecule has 0 saturated carbocycles. The lowest BCUT2D eigenvalue weighted by molar-refractivity contribution is 0.257. The number of halogens is 2. The van der Waals surface area contributed by atoms with Crippen molar-refractivity contribution in [3.05, 3.63) is 201 Å². The normalized spacial score (nSPS) is 19.4. The molecule has 254 valence electrons. The van der Waals surface area contributed by atoms with Crippen LogP contribution in [-0.4, -0.2) is 37.1 Å². The molecule has 6 nitrogen and oxygen atoms in total. The Morgan fingerprint density at radius 1 is 0.385 bits per heavy atom. The number of hydrogen-bond donors (Lipinski definition) is 0. The molecule has 0 aromatic heterocycles. The molecular formula is C44H32Cl2N4O2. The fraction of sp³-hybridized carbons (Fsp3) is 0.0909. The Hall–Kier alpha value is -5.82. The minimum absolute atomic E-state index is 0.460. The van der Waals surface area contributed by atoms with Crippen molar-refractivity contribution in [2.24, 2.45) is 20.0 Å². The minimum Gasteiger partial charge on any atom is -0.497 e. The summed E-state index contributed by atoms with van der Waals surface area (Å²) in [6, 6.07) is 50.9. The van der Waals surface area contributed by atoms with Gasteiger partial charge in [-0.2, -0.15) is 0 Å². The van der Waals surface area contributed by atoms with Gasteiger partial charge >= 0.3 is 0 Å². The lowest BCUT2D eigenvalue weighted by Crippen LogP contribution is -2.43. The van der Waals surface area contributed by atoms with Gasteiger partial charge in [-0.1, -0.05) is 145 Å². The van der Waals surface area contributed by atoms with Crippen LogP contribution in [0.15, 0.2) is 178 Å². The molecule has 0 fully saturated rings. The molecule has 2 aliphatic rings. The van der Waals surface area contributed by atoms with Crippen molar-refractivity contribution in [2.75, 3.05) is 14.2 Å². The third kappa shape index (κ3) is 5.61. The minimum atomic E-state index is -1.58. The highest BCUT2D eigenvalue weighted by Crippen LogP contribution is 2.57. The average Bonchev–Trinajstić information content (AvgIpc) is 3.82. The molecule has 8 rings (SSSR count). The number of aliphatic imine (C=N–C) groups is 4. The molecule has 0 aliphatic carbocycles. The fourth-order valence-corrected chi connectivity index (χ4v) is 7.40. The molecule has 0 spiro atoms. The van der Waals surface area contributed by atoms with Gasteiger partial charge in [-0.25, -0.2) is 20.0 Å². The summed E-state index contributed by atoms with van der Waals surface area (Å²) in [5.41, 5.74) is 4.02. The summed E-state index contributed by atoms with van der Waals surface area (Å²) in [5, 5.41) is 0.921. The Morgan fingerprint density at radius 3 is 1.08 bits per heavy atom. The first-order valence-corrected chi connectivity index (χ1v) is 17.5. The van der Waals surface area contributed by atoms with Gasteiger partial charge in [0.25, 0.3) is 0 Å². The molecule has 0 saturated heterocycles. The molecule has 6 aromatic rings. The molecule has 2 atom stereocenters. The largest absolute Gasteiger partial charge is 0.497 e. The summed E-state index contributed by atoms with van der Waals surface area (Å²) in [4.78, 5) is 22.8. The second kappa shape index (κ2) is 13.7. The van der Waals surface area contributed by atoms with E-state index in [9.17, 15) is 0 Å². The number of hydrogen-bond acceptors (Lipinski definition) is 6. The predicted molar refractivity (Wildman–Crippen MR) is 211 cm³/mol. The average molecular weight is 720 g/mol. The van der Waals surface area contributed by atoms with Crippen molar-refractivity contribution < 1.29 is 9.47 Å². The van der Waals surface area contributed by atoms with Crippen LogP contribution in [0.4, 0.5) is 0 Å². The van der Waals surface area contributed by atoms with E-state index >= 15 is 0 Å². The molecule has 2 aliphatic heterocycles. The first-order chi connectivity index (χ1) is 25.5. The van der Waals surface area contributed by atoms with Gasteiger partial charge in [0.1, 0.15) is 11.5 Å². The number of nitrogens with zero attached hydrogens (tertiary/aromatic N) is 4. The standard InChI is InChI=1S/C44H32Cl2N4O2/c1-51-33-21-13-19-31(27-33)41-39(29-15-5-3-6-16-29)47-43(49-41,35-23-9-11-25-37(35)45)44(36-24-10-12-26-38(36)46)48-40(30-17-7-4-8-18-30)42(50-44)32-20-14-22-34(28-32)52-2/h3-28H,1-2H3. The number of rotatable bonds is 9. The van der Waals surface area contributed by atoms with E-state index in [0.717, 1.165) is 22.3 Å². The van der Waals surface area contributed by atoms with Gasteiger partial charge in [-0.3, -0.25) is 0 Å². The summed E-state index contributed by atoms with van der Waals surface area (Å²) in [6.45, 7) is 0. The molecule has 8 heteroatoms. The van der Waals surface area contributed by atoms with Gasteiger partial charge in [0.15, 0.2) is 0 Å². The van der Waals surface area contributed by atoms with Crippen molar-refractivity contribution in [1.29, 1.82) is 0 Å². The van der Waals surface area contributed by atoms with E-state index < -0.39 is 11.3 Å². The van der Waals surface area contributed by atoms with Crippen LogP contribution in [0.2, 0.25) is 10.0 Å². The third-order valence-corrected chi connectivity index (χ3v) is 9.97. The highest BCUT2D eigenvalue weighted by molar-refractivity contribution is 6.56. The van der Waals surface area contributed by atoms with E-state index in [1.54, 1.807) is 14.2 Å². The summed E-state index contributed by atoms with van der Waals surface area (Å²) < 4.78 is 11.3. The molecule has 2 heterocycles. The third-order valence-electron chi connectivity index (χ3n) is 9.31. The maximum absolute atomic E-state index is 7.24. The maximum atomic E-state index is 7.24. The lowest BCUT2D eigenvalue weighted by Gasteiger charge is -2.39. The van der Waals surface area contributed by atoms with Crippen LogP contribution >= 0.6 is 23.2 Å². The fourth-order valence-electron chi connectivity index (χ4n) is 6.86. The van der Waals surface area contributed by atoms with Crippen molar-refractivity contribution in [1.82, 2.24) is 0 Å². The molecule has 6 aromatic carbocycles. The first kappa shape index (κ1) is 33.3. The zero-order valence-electron chi connectivity index (χ0n) is 28.4. The van der Waals surface area contributed by atoms with Crippen LogP contribution in [0, 0.1) is 0 Å². The Morgan fingerprint density at radius 2 is 0.712 bits per heavy atom. The highest BCUT2D eigenvalue weighted by atomic mass is 35.5. The Kier molecular flexibility index (Phi) is 8.79. The molecule has 0 radical (unpaired) electrons. The SMILES string of the molecule is COc1cccc(C2=NC(c3ccccc3Cl)(C3(c4ccccc4Cl)N=C(c4ccccc4)C(c4cccc(OC)c4)=N3)N=C2c2ccccc2)c1. The zero-order valence-corrected chi connectivity index (χ0v) is 29.9. The summed E-state index contributed by atoms with van der Waals surface area (Å²) >= 11 is 14.5. The Labute approximate surface area is 312 Å². The zero-order chi connectivity index (χ0) is 35.7. The smallest absolute Gasteiger partial charge is 0.227 e. The van der Waals surface area contributed by atoms with Crippen LogP contribution in [0.5, 0.6) is 11.5 Å². The van der Waals surface area contributed by atoms with Crippen molar-refractivity contribution in [3.63, 3.8) is 0 Å². The maximum Gasteiger partial charge on any atom is 0.227 e. The van der Waals surface area contributed by atoms with Crippen LogP contribution in [-0.2, 0) is 11.3 Å². The second-order valence-electron chi connectivity index (χ2n) is 12.3. The van der Waals surface area contributed by atoms with Gasteiger partial charge < -0.3 is 9.47 Å². The van der Waals surface area contributed by atoms with E-state index in [-0.39, 0.29) is 0 Å². The van der Waals surface area contributed by atoms with Crippen molar-refractivity contribution in [2.45, 2.75) is 11.3 Å². The molecule has 0 amide bonds. The summed E-state index contributed by atoms with van der Waals surface area (Å²) in [6.07, 6.45) is 0. The molecule has 52 heavy (non-hydrogen) atoms. The van der Waals surface area contributed by atoms with Crippen LogP contribution < -0.4 is 9.47 Å². The lowest BCUT2D eigenvalue weighted by atomic mass is 9.82. The summed E-state index contributed by atoms with van der Waals surface area (Å²) in [5.74, 6) is 1.37. The molecular weight excluding hydrogens is 687 g/mol. The van der Waals surface area contributed by atoms with E-state index in [4.69, 9.17) is 52.6 Å². The van der Waals surface area contributed by atoms with Crippen LogP contribution in [0.25, 0.3) is 0 Å². The van der Waals surface area contributed by atoms with E-state index in [1.807, 2.05) is 158 Å². The van der Waals surface area contributed by atoms with Crippen LogP contribution in [0.1, 0.15) is 33.4 Å². The Bertz CT molecular complexity index is 2260. The topological polar surface area (TPSA) is 67.9 Å². The highest BCUT2D eigenvalue weighted by Gasteiger charge is 2.61. The first-order valence-electron chi connectivity index (χ1n) is 16.8. The monoisotopic (exact) mass is 718 g/mol. The van der Waals surface area contributed by atoms with Crippen molar-refractivity contribution in [3.8, 4) is 11.5 Å². The summed E-state index contributed by atoms with van der Waals surface area (Å²) in [7, 11) is 3.30. The predicted octanol–water partition coefficient (Wildman–Crippen LogP) is 10.0. The van der Waals surface area contributed by atoms with Crippen molar-refractivity contribution >= 4 is 46.0 Å². The Balaban J connectivity index is 1.55. The number of ether oxygens (including phenoxy) is 2. The van der Waals surface area contributed by atoms with E-state index in [2.05, 4.69) is 0 Å². The van der Waals surface area contributed by atoms with Gasteiger partial charge in [0, 0.05) is 43.4 Å². The molecule has 2 unspecified atom stereocenters. The van der Waals surface area contributed by atoms with Gasteiger partial charge in [0.2, 0.25) is 11.3 Å². The van der Waals surface area contributed by atoms with Gasteiger partial charge in [-0.15, -0.1) is 0 Å².